The second-order valence-electron chi connectivity index (χ2n) is 8.33. The van der Waals surface area contributed by atoms with Crippen molar-refractivity contribution in [3.8, 4) is 0 Å². The van der Waals surface area contributed by atoms with Gasteiger partial charge in [0.25, 0.3) is 0 Å². The van der Waals surface area contributed by atoms with Gasteiger partial charge in [0.15, 0.2) is 0 Å². The Morgan fingerprint density at radius 2 is 0.680 bits per heavy atom. The summed E-state index contributed by atoms with van der Waals surface area (Å²) in [6, 6.07) is 0. The molecule has 0 aliphatic rings. The molecule has 157 valence electrons. The van der Waals surface area contributed by atoms with Crippen molar-refractivity contribution in [1.29, 1.82) is 0 Å². The molecule has 0 spiro atoms. The van der Waals surface area contributed by atoms with E-state index in [4.69, 9.17) is 0 Å². The fourth-order valence-corrected chi connectivity index (χ4v) is 3.46. The van der Waals surface area contributed by atoms with Crippen LogP contribution in [0.1, 0.15) is 117 Å². The van der Waals surface area contributed by atoms with Crippen LogP contribution in [0.3, 0.4) is 0 Å². The summed E-state index contributed by atoms with van der Waals surface area (Å²) < 4.78 is 1.24. The first-order valence-corrected chi connectivity index (χ1v) is 10.9. The molecule has 0 aliphatic carbocycles. The normalized spacial score (nSPS) is 11.0. The minimum Gasteiger partial charge on any atom is -1.00 e. The zero-order chi connectivity index (χ0) is 17.2. The number of nitrogens with zero attached hydrogens (tertiary/aromatic N) is 1. The van der Waals surface area contributed by atoms with Gasteiger partial charge in [0.1, 0.15) is 0 Å². The minimum absolute atomic E-state index is 0. The number of halogens is 1. The fraction of sp³-hybridized carbons (Fsp3) is 1.00. The second kappa shape index (κ2) is 22.8. The Morgan fingerprint density at radius 3 is 0.960 bits per heavy atom. The summed E-state index contributed by atoms with van der Waals surface area (Å²) >= 11 is 0. The number of quaternary nitrogens is 1. The Labute approximate surface area is 177 Å². The standard InChI is InChI=1S/C22H48N.ClH.Cu/c1-5-7-9-11-13-15-17-19-21-23(3,4)22-20-18-16-14-12-10-8-6-2;;/h5-22H2,1-4H3;1H;/q+1;;+2/p-1. The van der Waals surface area contributed by atoms with Gasteiger partial charge in [-0.25, -0.2) is 0 Å². The molecule has 0 bridgehead atoms. The third-order valence-electron chi connectivity index (χ3n) is 5.23. The number of hydrogen-bond donors (Lipinski definition) is 0. The fourth-order valence-electron chi connectivity index (χ4n) is 3.46. The van der Waals surface area contributed by atoms with Crippen molar-refractivity contribution < 1.29 is 34.0 Å². The van der Waals surface area contributed by atoms with Crippen LogP contribution in [0.5, 0.6) is 0 Å². The Hall–Kier alpha value is 0.769. The molecule has 0 atom stereocenters. The van der Waals surface area contributed by atoms with Crippen LogP contribution in [0.15, 0.2) is 0 Å². The van der Waals surface area contributed by atoms with Crippen LogP contribution < -0.4 is 12.4 Å². The van der Waals surface area contributed by atoms with Crippen molar-refractivity contribution in [2.45, 2.75) is 117 Å². The van der Waals surface area contributed by atoms with Gasteiger partial charge in [-0.1, -0.05) is 90.9 Å². The van der Waals surface area contributed by atoms with E-state index in [-0.39, 0.29) is 29.5 Å². The molecule has 0 saturated carbocycles. The minimum atomic E-state index is 0. The van der Waals surface area contributed by atoms with Crippen LogP contribution in [0.4, 0.5) is 0 Å². The van der Waals surface area contributed by atoms with Gasteiger partial charge in [0.05, 0.1) is 27.2 Å². The molecule has 25 heavy (non-hydrogen) atoms. The SMILES string of the molecule is CCCCCCCCCC[N+](C)(C)CCCCCCCCCC.[Cl-].[Cu+2]. The van der Waals surface area contributed by atoms with Gasteiger partial charge in [0.2, 0.25) is 0 Å². The quantitative estimate of drug-likeness (QED) is 0.174. The van der Waals surface area contributed by atoms with Crippen molar-refractivity contribution >= 4 is 0 Å². The van der Waals surface area contributed by atoms with E-state index in [2.05, 4.69) is 27.9 Å². The average molecular weight is 426 g/mol. The van der Waals surface area contributed by atoms with Gasteiger partial charge in [-0.05, 0) is 25.7 Å². The molecular weight excluding hydrogens is 377 g/mol. The van der Waals surface area contributed by atoms with Gasteiger partial charge in [0, 0.05) is 0 Å². The van der Waals surface area contributed by atoms with Crippen LogP contribution in [-0.2, 0) is 17.1 Å². The Morgan fingerprint density at radius 1 is 0.440 bits per heavy atom. The van der Waals surface area contributed by atoms with Gasteiger partial charge < -0.3 is 16.9 Å². The Bertz CT molecular complexity index is 212. The molecule has 0 aromatic rings. The van der Waals surface area contributed by atoms with Crippen LogP contribution >= 0.6 is 0 Å². The Kier molecular flexibility index (Phi) is 27.8. The number of unbranched alkanes of at least 4 members (excludes halogenated alkanes) is 14. The van der Waals surface area contributed by atoms with Crippen LogP contribution in [0.2, 0.25) is 0 Å². The van der Waals surface area contributed by atoms with Gasteiger partial charge in [-0.3, -0.25) is 0 Å². The van der Waals surface area contributed by atoms with Crippen molar-refractivity contribution in [3.05, 3.63) is 0 Å². The molecule has 1 radical (unpaired) electrons. The van der Waals surface area contributed by atoms with Crippen LogP contribution in [-0.4, -0.2) is 31.7 Å². The largest absolute Gasteiger partial charge is 2.00 e. The van der Waals surface area contributed by atoms with Gasteiger partial charge in [-0.15, -0.1) is 0 Å². The third-order valence-corrected chi connectivity index (χ3v) is 5.23. The molecule has 3 heteroatoms. The molecule has 0 aromatic heterocycles. The van der Waals surface area contributed by atoms with E-state index in [0.29, 0.717) is 0 Å². The molecule has 0 rings (SSSR count). The molecule has 0 N–H and O–H groups in total. The molecular formula is C22H48ClCuN+2. The van der Waals surface area contributed by atoms with Crippen LogP contribution in [0.25, 0.3) is 0 Å². The summed E-state index contributed by atoms with van der Waals surface area (Å²) in [4.78, 5) is 0. The summed E-state index contributed by atoms with van der Waals surface area (Å²) in [5.74, 6) is 0. The van der Waals surface area contributed by atoms with Crippen molar-refractivity contribution in [2.24, 2.45) is 0 Å². The maximum Gasteiger partial charge on any atom is 2.00 e. The van der Waals surface area contributed by atoms with Gasteiger partial charge >= 0.3 is 17.1 Å². The molecule has 0 heterocycles. The average Bonchev–Trinajstić information content (AvgIpc) is 2.52. The topological polar surface area (TPSA) is 0 Å². The van der Waals surface area contributed by atoms with E-state index in [9.17, 15) is 0 Å². The Balaban J connectivity index is -0.00000242. The summed E-state index contributed by atoms with van der Waals surface area (Å²) in [6.07, 6.45) is 23.0. The summed E-state index contributed by atoms with van der Waals surface area (Å²) in [5.41, 5.74) is 0. The molecule has 0 aliphatic heterocycles. The molecule has 0 saturated heterocycles. The maximum absolute atomic E-state index is 2.43. The molecule has 0 fully saturated rings. The summed E-state index contributed by atoms with van der Waals surface area (Å²) in [6.45, 7) is 7.36. The monoisotopic (exact) mass is 424 g/mol. The maximum atomic E-state index is 2.43. The first-order chi connectivity index (χ1) is 11.1. The number of rotatable bonds is 18. The van der Waals surface area contributed by atoms with E-state index in [1.54, 1.807) is 0 Å². The van der Waals surface area contributed by atoms with E-state index < -0.39 is 0 Å². The van der Waals surface area contributed by atoms with E-state index in [1.165, 1.54) is 120 Å². The molecule has 1 nitrogen and oxygen atoms in total. The third kappa shape index (κ3) is 24.8. The number of hydrogen-bond acceptors (Lipinski definition) is 0. The predicted octanol–water partition coefficient (Wildman–Crippen LogP) is 4.35. The predicted molar refractivity (Wildman–Crippen MR) is 107 cm³/mol. The van der Waals surface area contributed by atoms with Gasteiger partial charge in [-0.2, -0.15) is 0 Å². The molecule has 0 unspecified atom stereocenters. The summed E-state index contributed by atoms with van der Waals surface area (Å²) in [7, 11) is 4.87. The smallest absolute Gasteiger partial charge is 1.00 e. The van der Waals surface area contributed by atoms with Crippen molar-refractivity contribution in [2.75, 3.05) is 27.2 Å². The van der Waals surface area contributed by atoms with Crippen LogP contribution in [0, 0.1) is 0 Å². The van der Waals surface area contributed by atoms with E-state index in [1.807, 2.05) is 0 Å². The molecule has 0 amide bonds. The first kappa shape index (κ1) is 30.5. The second-order valence-corrected chi connectivity index (χ2v) is 8.33. The zero-order valence-electron chi connectivity index (χ0n) is 17.9. The molecule has 0 aromatic carbocycles. The van der Waals surface area contributed by atoms with Crippen molar-refractivity contribution in [1.82, 2.24) is 0 Å². The first-order valence-electron chi connectivity index (χ1n) is 10.9. The zero-order valence-corrected chi connectivity index (χ0v) is 19.6. The van der Waals surface area contributed by atoms with E-state index >= 15 is 0 Å². The summed E-state index contributed by atoms with van der Waals surface area (Å²) in [5, 5.41) is 0. The van der Waals surface area contributed by atoms with E-state index in [0.717, 1.165) is 0 Å². The van der Waals surface area contributed by atoms with Crippen molar-refractivity contribution in [3.63, 3.8) is 0 Å².